The van der Waals surface area contributed by atoms with E-state index < -0.39 is 0 Å². The Morgan fingerprint density at radius 2 is 1.76 bits per heavy atom. The normalized spacial score (nSPS) is 12.9. The molecule has 21 heavy (non-hydrogen) atoms. The number of rotatable bonds is 3. The molecule has 1 heterocycles. The summed E-state index contributed by atoms with van der Waals surface area (Å²) in [6, 6.07) is 16.9. The average molecular weight is 302 g/mol. The van der Waals surface area contributed by atoms with Crippen LogP contribution in [-0.2, 0) is 0 Å². The van der Waals surface area contributed by atoms with Crippen LogP contribution in [0.5, 0.6) is 0 Å². The van der Waals surface area contributed by atoms with Gasteiger partial charge in [-0.15, -0.1) is 12.4 Å². The van der Waals surface area contributed by atoms with Crippen LogP contribution in [-0.4, -0.2) is 24.8 Å². The van der Waals surface area contributed by atoms with Crippen molar-refractivity contribution in [1.29, 1.82) is 0 Å². The van der Waals surface area contributed by atoms with Gasteiger partial charge in [-0.3, -0.25) is 9.79 Å². The molecule has 108 valence electrons. The number of halogens is 1. The standard InChI is InChI=1S/C16H15N3O.ClH/c20-16(19-14-4-2-1-3-5-14)13-8-6-12(7-9-13)15-17-10-11-18-15;/h1-9H,10-11H2,(H,17,18)(H,19,20);1H. The largest absolute Gasteiger partial charge is 0.368 e. The van der Waals surface area contributed by atoms with Gasteiger partial charge in [0.1, 0.15) is 5.84 Å². The summed E-state index contributed by atoms with van der Waals surface area (Å²) < 4.78 is 0. The summed E-state index contributed by atoms with van der Waals surface area (Å²) in [5, 5.41) is 6.07. The van der Waals surface area contributed by atoms with Gasteiger partial charge in [0.2, 0.25) is 0 Å². The zero-order valence-corrected chi connectivity index (χ0v) is 12.2. The first-order valence-corrected chi connectivity index (χ1v) is 6.58. The number of aliphatic imine (C=N–C) groups is 1. The minimum Gasteiger partial charge on any atom is -0.368 e. The lowest BCUT2D eigenvalue weighted by atomic mass is 10.1. The van der Waals surface area contributed by atoms with Gasteiger partial charge in [-0.1, -0.05) is 30.3 Å². The summed E-state index contributed by atoms with van der Waals surface area (Å²) in [4.78, 5) is 16.4. The maximum atomic E-state index is 12.1. The molecule has 0 unspecified atom stereocenters. The van der Waals surface area contributed by atoms with Gasteiger partial charge < -0.3 is 10.6 Å². The molecule has 2 aromatic carbocycles. The predicted octanol–water partition coefficient (Wildman–Crippen LogP) is 2.71. The molecular formula is C16H16ClN3O. The minimum atomic E-state index is -0.107. The van der Waals surface area contributed by atoms with Gasteiger partial charge in [0.25, 0.3) is 5.91 Å². The molecule has 5 heteroatoms. The second-order valence-electron chi connectivity index (χ2n) is 4.55. The number of hydrogen-bond donors (Lipinski definition) is 2. The van der Waals surface area contributed by atoms with Gasteiger partial charge >= 0.3 is 0 Å². The highest BCUT2D eigenvalue weighted by atomic mass is 35.5. The third kappa shape index (κ3) is 3.61. The molecule has 3 rings (SSSR count). The SMILES string of the molecule is Cl.O=C(Nc1ccccc1)c1ccc(C2=NCCN2)cc1. The van der Waals surface area contributed by atoms with Crippen molar-refractivity contribution < 1.29 is 4.79 Å². The van der Waals surface area contributed by atoms with E-state index in [1.165, 1.54) is 0 Å². The Morgan fingerprint density at radius 1 is 1.05 bits per heavy atom. The Bertz CT molecular complexity index is 638. The molecule has 1 aliphatic heterocycles. The number of amidine groups is 1. The number of benzene rings is 2. The van der Waals surface area contributed by atoms with Crippen LogP contribution in [0.4, 0.5) is 5.69 Å². The van der Waals surface area contributed by atoms with Gasteiger partial charge in [-0.25, -0.2) is 0 Å². The molecule has 2 N–H and O–H groups in total. The van der Waals surface area contributed by atoms with Crippen molar-refractivity contribution in [2.75, 3.05) is 18.4 Å². The van der Waals surface area contributed by atoms with E-state index in [2.05, 4.69) is 15.6 Å². The van der Waals surface area contributed by atoms with Crippen LogP contribution in [0.2, 0.25) is 0 Å². The van der Waals surface area contributed by atoms with Crippen LogP contribution in [0, 0.1) is 0 Å². The van der Waals surface area contributed by atoms with Crippen LogP contribution in [0.3, 0.4) is 0 Å². The lowest BCUT2D eigenvalue weighted by Crippen LogP contribution is -2.19. The molecule has 0 aromatic heterocycles. The van der Waals surface area contributed by atoms with Crippen LogP contribution >= 0.6 is 12.4 Å². The van der Waals surface area contributed by atoms with Crippen molar-refractivity contribution >= 4 is 29.8 Å². The molecule has 2 aromatic rings. The van der Waals surface area contributed by atoms with E-state index in [1.807, 2.05) is 54.6 Å². The zero-order chi connectivity index (χ0) is 13.8. The monoisotopic (exact) mass is 301 g/mol. The second-order valence-corrected chi connectivity index (χ2v) is 4.55. The summed E-state index contributed by atoms with van der Waals surface area (Å²) in [5.41, 5.74) is 2.44. The molecule has 0 aliphatic carbocycles. The third-order valence-corrected chi connectivity index (χ3v) is 3.13. The molecule has 1 amide bonds. The van der Waals surface area contributed by atoms with Gasteiger partial charge in [0.05, 0.1) is 6.54 Å². The Balaban J connectivity index is 0.00000161. The third-order valence-electron chi connectivity index (χ3n) is 3.13. The lowest BCUT2D eigenvalue weighted by Gasteiger charge is -2.06. The molecule has 0 saturated carbocycles. The fraction of sp³-hybridized carbons (Fsp3) is 0.125. The lowest BCUT2D eigenvalue weighted by molar-refractivity contribution is 0.102. The maximum absolute atomic E-state index is 12.1. The van der Waals surface area contributed by atoms with Crippen molar-refractivity contribution in [3.8, 4) is 0 Å². The Morgan fingerprint density at radius 3 is 2.38 bits per heavy atom. The highest BCUT2D eigenvalue weighted by Crippen LogP contribution is 2.10. The van der Waals surface area contributed by atoms with Crippen LogP contribution < -0.4 is 10.6 Å². The number of nitrogens with one attached hydrogen (secondary N) is 2. The van der Waals surface area contributed by atoms with Crippen molar-refractivity contribution in [2.24, 2.45) is 4.99 Å². The fourth-order valence-electron chi connectivity index (χ4n) is 2.10. The van der Waals surface area contributed by atoms with E-state index in [-0.39, 0.29) is 18.3 Å². The molecule has 0 radical (unpaired) electrons. The average Bonchev–Trinajstić information content (AvgIpc) is 3.03. The number of hydrogen-bond acceptors (Lipinski definition) is 3. The van der Waals surface area contributed by atoms with Gasteiger partial charge in [0.15, 0.2) is 0 Å². The van der Waals surface area contributed by atoms with E-state index in [1.54, 1.807) is 0 Å². The maximum Gasteiger partial charge on any atom is 0.255 e. The first kappa shape index (κ1) is 15.1. The van der Waals surface area contributed by atoms with Crippen LogP contribution in [0.25, 0.3) is 0 Å². The number of anilines is 1. The zero-order valence-electron chi connectivity index (χ0n) is 11.4. The van der Waals surface area contributed by atoms with Gasteiger partial charge in [0, 0.05) is 23.4 Å². The summed E-state index contributed by atoms with van der Waals surface area (Å²) in [6.45, 7) is 1.69. The fourth-order valence-corrected chi connectivity index (χ4v) is 2.10. The molecule has 0 bridgehead atoms. The minimum absolute atomic E-state index is 0. The highest BCUT2D eigenvalue weighted by Gasteiger charge is 2.10. The highest BCUT2D eigenvalue weighted by molar-refractivity contribution is 6.05. The summed E-state index contributed by atoms with van der Waals surface area (Å²) in [6.07, 6.45) is 0. The molecule has 1 aliphatic rings. The molecule has 0 spiro atoms. The van der Waals surface area contributed by atoms with Crippen molar-refractivity contribution in [3.05, 3.63) is 65.7 Å². The summed E-state index contributed by atoms with van der Waals surface area (Å²) >= 11 is 0. The van der Waals surface area contributed by atoms with Crippen molar-refractivity contribution in [1.82, 2.24) is 5.32 Å². The Labute approximate surface area is 129 Å². The smallest absolute Gasteiger partial charge is 0.255 e. The van der Waals surface area contributed by atoms with E-state index in [0.717, 1.165) is 30.2 Å². The van der Waals surface area contributed by atoms with Gasteiger partial charge in [-0.05, 0) is 24.3 Å². The van der Waals surface area contributed by atoms with E-state index >= 15 is 0 Å². The summed E-state index contributed by atoms with van der Waals surface area (Å²) in [7, 11) is 0. The molecule has 0 fully saturated rings. The summed E-state index contributed by atoms with van der Waals surface area (Å²) in [5.74, 6) is 0.795. The second kappa shape index (κ2) is 6.90. The van der Waals surface area contributed by atoms with Crippen LogP contribution in [0.1, 0.15) is 15.9 Å². The number of nitrogens with zero attached hydrogens (tertiary/aromatic N) is 1. The van der Waals surface area contributed by atoms with Crippen LogP contribution in [0.15, 0.2) is 59.6 Å². The quantitative estimate of drug-likeness (QED) is 0.916. The molecule has 0 atom stereocenters. The first-order chi connectivity index (χ1) is 9.83. The first-order valence-electron chi connectivity index (χ1n) is 6.58. The Hall–Kier alpha value is -2.33. The van der Waals surface area contributed by atoms with E-state index in [0.29, 0.717) is 5.56 Å². The number of carbonyl (C=O) groups excluding carboxylic acids is 1. The molecule has 4 nitrogen and oxygen atoms in total. The molecule has 0 saturated heterocycles. The van der Waals surface area contributed by atoms with Gasteiger partial charge in [-0.2, -0.15) is 0 Å². The number of para-hydroxylation sites is 1. The number of carbonyl (C=O) groups is 1. The Kier molecular flexibility index (Phi) is 4.95. The predicted molar refractivity (Wildman–Crippen MR) is 87.5 cm³/mol. The van der Waals surface area contributed by atoms with Crippen molar-refractivity contribution in [2.45, 2.75) is 0 Å². The topological polar surface area (TPSA) is 53.5 Å². The number of amides is 1. The van der Waals surface area contributed by atoms with E-state index in [4.69, 9.17) is 0 Å². The molecular weight excluding hydrogens is 286 g/mol. The van der Waals surface area contributed by atoms with Crippen molar-refractivity contribution in [3.63, 3.8) is 0 Å². The van der Waals surface area contributed by atoms with E-state index in [9.17, 15) is 4.79 Å².